The van der Waals surface area contributed by atoms with Crippen LogP contribution in [0.25, 0.3) is 16.7 Å². The zero-order valence-corrected chi connectivity index (χ0v) is 19.4. The van der Waals surface area contributed by atoms with Crippen LogP contribution in [0.3, 0.4) is 0 Å². The molecule has 2 aromatic carbocycles. The van der Waals surface area contributed by atoms with Gasteiger partial charge < -0.3 is 15.0 Å². The van der Waals surface area contributed by atoms with Crippen molar-refractivity contribution < 1.29 is 9.53 Å². The van der Waals surface area contributed by atoms with Gasteiger partial charge >= 0.3 is 0 Å². The topological polar surface area (TPSA) is 59.4 Å². The molecule has 0 unspecified atom stereocenters. The highest BCUT2D eigenvalue weighted by Gasteiger charge is 2.30. The average molecular weight is 453 g/mol. The molecule has 0 bridgehead atoms. The molecule has 6 nitrogen and oxygen atoms in total. The van der Waals surface area contributed by atoms with E-state index in [9.17, 15) is 4.79 Å². The predicted octanol–water partition coefficient (Wildman–Crippen LogP) is 4.42. The fourth-order valence-electron chi connectivity index (χ4n) is 4.71. The highest BCUT2D eigenvalue weighted by Crippen LogP contribution is 2.32. The maximum absolute atomic E-state index is 12.7. The molecule has 0 aliphatic carbocycles. The smallest absolute Gasteiger partial charge is 0.223 e. The number of aromatic nitrogens is 2. The standard InChI is InChI=1S/C25H29ClN4O2/c1-16-12-22-23(13-17(16)2)30(21-5-3-4-19(26)14-21)25(28-22)29-9-6-18(7-10-29)24(31)27-20-8-11-32-15-20/h3-5,12-14,18,20H,6-11,15H2,1-2H3,(H,27,31)/t20-/m1/s1. The number of fused-ring (bicyclic) bond motifs is 1. The van der Waals surface area contributed by atoms with Crippen LogP contribution in [0, 0.1) is 19.8 Å². The van der Waals surface area contributed by atoms with Crippen molar-refractivity contribution in [3.8, 4) is 5.69 Å². The van der Waals surface area contributed by atoms with Crippen LogP contribution in [-0.4, -0.2) is 47.8 Å². The van der Waals surface area contributed by atoms with Crippen LogP contribution in [0.1, 0.15) is 30.4 Å². The number of hydrogen-bond acceptors (Lipinski definition) is 4. The van der Waals surface area contributed by atoms with Gasteiger partial charge in [-0.05, 0) is 74.6 Å². The lowest BCUT2D eigenvalue weighted by Gasteiger charge is -2.32. The highest BCUT2D eigenvalue weighted by atomic mass is 35.5. The van der Waals surface area contributed by atoms with Crippen molar-refractivity contribution in [2.75, 3.05) is 31.2 Å². The van der Waals surface area contributed by atoms with Gasteiger partial charge in [-0.2, -0.15) is 0 Å². The molecule has 3 heterocycles. The van der Waals surface area contributed by atoms with Crippen LogP contribution in [0.15, 0.2) is 36.4 Å². The van der Waals surface area contributed by atoms with E-state index in [4.69, 9.17) is 21.3 Å². The number of carbonyl (C=O) groups is 1. The molecular formula is C25H29ClN4O2. The molecule has 5 rings (SSSR count). The maximum atomic E-state index is 12.7. The van der Waals surface area contributed by atoms with Crippen molar-refractivity contribution in [2.24, 2.45) is 5.92 Å². The van der Waals surface area contributed by atoms with Gasteiger partial charge in [0.2, 0.25) is 11.9 Å². The number of nitrogens with one attached hydrogen (secondary N) is 1. The molecule has 2 aliphatic rings. The van der Waals surface area contributed by atoms with Crippen LogP contribution in [0.5, 0.6) is 0 Å². The summed E-state index contributed by atoms with van der Waals surface area (Å²) in [5.41, 5.74) is 5.51. The quantitative estimate of drug-likeness (QED) is 0.636. The Bertz CT molecular complexity index is 1140. The Morgan fingerprint density at radius 3 is 2.62 bits per heavy atom. The fourth-order valence-corrected chi connectivity index (χ4v) is 4.90. The van der Waals surface area contributed by atoms with Crippen LogP contribution in [0.2, 0.25) is 5.02 Å². The molecule has 2 fully saturated rings. The lowest BCUT2D eigenvalue weighted by atomic mass is 9.95. The van der Waals surface area contributed by atoms with Crippen molar-refractivity contribution in [2.45, 2.75) is 39.2 Å². The molecule has 1 atom stereocenters. The summed E-state index contributed by atoms with van der Waals surface area (Å²) in [6.45, 7) is 7.20. The summed E-state index contributed by atoms with van der Waals surface area (Å²) in [7, 11) is 0. The third-order valence-corrected chi connectivity index (χ3v) is 6.98. The van der Waals surface area contributed by atoms with Crippen molar-refractivity contribution in [1.82, 2.24) is 14.9 Å². The predicted molar refractivity (Wildman–Crippen MR) is 128 cm³/mol. The van der Waals surface area contributed by atoms with Gasteiger partial charge in [-0.1, -0.05) is 17.7 Å². The number of anilines is 1. The summed E-state index contributed by atoms with van der Waals surface area (Å²) < 4.78 is 7.58. The van der Waals surface area contributed by atoms with Gasteiger partial charge in [0.25, 0.3) is 0 Å². The van der Waals surface area contributed by atoms with E-state index < -0.39 is 0 Å². The van der Waals surface area contributed by atoms with Crippen LogP contribution < -0.4 is 10.2 Å². The Morgan fingerprint density at radius 2 is 1.91 bits per heavy atom. The van der Waals surface area contributed by atoms with Gasteiger partial charge in [0, 0.05) is 30.6 Å². The number of nitrogens with zero attached hydrogens (tertiary/aromatic N) is 3. The lowest BCUT2D eigenvalue weighted by molar-refractivity contribution is -0.126. The van der Waals surface area contributed by atoms with E-state index in [1.165, 1.54) is 11.1 Å². The van der Waals surface area contributed by atoms with Crippen molar-refractivity contribution in [1.29, 1.82) is 0 Å². The van der Waals surface area contributed by atoms with Crippen molar-refractivity contribution in [3.05, 3.63) is 52.5 Å². The SMILES string of the molecule is Cc1cc2nc(N3CCC(C(=O)N[C@@H]4CCOC4)CC3)n(-c3cccc(Cl)c3)c2cc1C. The molecule has 2 saturated heterocycles. The molecule has 0 radical (unpaired) electrons. The normalized spacial score (nSPS) is 19.6. The second-order valence-corrected chi connectivity index (χ2v) is 9.42. The van der Waals surface area contributed by atoms with Gasteiger partial charge in [-0.3, -0.25) is 9.36 Å². The third-order valence-electron chi connectivity index (χ3n) is 6.74. The molecule has 1 amide bonds. The van der Waals surface area contributed by atoms with Crippen molar-refractivity contribution >= 4 is 34.5 Å². The Labute approximate surface area is 193 Å². The summed E-state index contributed by atoms with van der Waals surface area (Å²) in [4.78, 5) is 20.0. The zero-order chi connectivity index (χ0) is 22.2. The van der Waals surface area contributed by atoms with Gasteiger partial charge in [0.15, 0.2) is 0 Å². The van der Waals surface area contributed by atoms with E-state index in [0.717, 1.165) is 61.6 Å². The number of amides is 1. The number of carbonyl (C=O) groups excluding carboxylic acids is 1. The van der Waals surface area contributed by atoms with E-state index in [-0.39, 0.29) is 17.9 Å². The molecule has 3 aromatic rings. The summed E-state index contributed by atoms with van der Waals surface area (Å²) >= 11 is 6.33. The second-order valence-electron chi connectivity index (χ2n) is 8.98. The Hall–Kier alpha value is -2.57. The number of rotatable bonds is 4. The van der Waals surface area contributed by atoms with E-state index in [1.54, 1.807) is 0 Å². The number of benzene rings is 2. The van der Waals surface area contributed by atoms with Gasteiger partial charge in [0.1, 0.15) is 0 Å². The summed E-state index contributed by atoms with van der Waals surface area (Å²) in [5.74, 6) is 1.12. The minimum Gasteiger partial charge on any atom is -0.379 e. The first-order valence-corrected chi connectivity index (χ1v) is 11.8. The largest absolute Gasteiger partial charge is 0.379 e. The summed E-state index contributed by atoms with van der Waals surface area (Å²) in [6, 6.07) is 12.4. The Balaban J connectivity index is 1.43. The first-order valence-electron chi connectivity index (χ1n) is 11.4. The number of hydrogen-bond donors (Lipinski definition) is 1. The minimum atomic E-state index is 0.0420. The van der Waals surface area contributed by atoms with Crippen LogP contribution in [-0.2, 0) is 9.53 Å². The molecule has 7 heteroatoms. The molecule has 168 valence electrons. The lowest BCUT2D eigenvalue weighted by Crippen LogP contribution is -2.44. The zero-order valence-electron chi connectivity index (χ0n) is 18.6. The van der Waals surface area contributed by atoms with Crippen LogP contribution >= 0.6 is 11.6 Å². The first kappa shape index (κ1) is 21.3. The molecule has 2 aliphatic heterocycles. The molecule has 1 N–H and O–H groups in total. The third kappa shape index (κ3) is 4.09. The highest BCUT2D eigenvalue weighted by molar-refractivity contribution is 6.30. The average Bonchev–Trinajstić information content (AvgIpc) is 3.42. The number of halogens is 1. The summed E-state index contributed by atoms with van der Waals surface area (Å²) in [6.07, 6.45) is 2.54. The number of imidazole rings is 1. The fraction of sp³-hybridized carbons (Fsp3) is 0.440. The van der Waals surface area contributed by atoms with E-state index in [0.29, 0.717) is 11.6 Å². The number of ether oxygens (including phenoxy) is 1. The molecule has 0 spiro atoms. The van der Waals surface area contributed by atoms with E-state index in [1.807, 2.05) is 18.2 Å². The summed E-state index contributed by atoms with van der Waals surface area (Å²) in [5, 5.41) is 3.86. The van der Waals surface area contributed by atoms with E-state index in [2.05, 4.69) is 46.8 Å². The first-order chi connectivity index (χ1) is 15.5. The molecule has 1 aromatic heterocycles. The monoisotopic (exact) mass is 452 g/mol. The maximum Gasteiger partial charge on any atom is 0.223 e. The van der Waals surface area contributed by atoms with Crippen molar-refractivity contribution in [3.63, 3.8) is 0 Å². The Kier molecular flexibility index (Phi) is 5.82. The number of aryl methyl sites for hydroxylation is 2. The second kappa shape index (κ2) is 8.75. The van der Waals surface area contributed by atoms with E-state index >= 15 is 0 Å². The van der Waals surface area contributed by atoms with Crippen LogP contribution in [0.4, 0.5) is 5.95 Å². The van der Waals surface area contributed by atoms with Gasteiger partial charge in [-0.15, -0.1) is 0 Å². The van der Waals surface area contributed by atoms with Gasteiger partial charge in [0.05, 0.1) is 29.4 Å². The van der Waals surface area contributed by atoms with Gasteiger partial charge in [-0.25, -0.2) is 4.98 Å². The Morgan fingerprint density at radius 1 is 1.12 bits per heavy atom. The molecular weight excluding hydrogens is 424 g/mol. The number of piperidine rings is 1. The minimum absolute atomic E-state index is 0.0420. The molecule has 0 saturated carbocycles. The molecule has 32 heavy (non-hydrogen) atoms.